The third-order valence-electron chi connectivity index (χ3n) is 15.5. The van der Waals surface area contributed by atoms with Crippen LogP contribution in [0.1, 0.15) is 129 Å². The molecular weight excluding hydrogens is 592 g/mol. The second kappa shape index (κ2) is 11.6. The van der Waals surface area contributed by atoms with E-state index >= 15 is 0 Å². The maximum atomic E-state index is 14.3. The van der Waals surface area contributed by atoms with Crippen LogP contribution in [0.5, 0.6) is 0 Å². The molecule has 4 saturated carbocycles. The van der Waals surface area contributed by atoms with Crippen molar-refractivity contribution >= 4 is 11.9 Å². The smallest absolute Gasteiger partial charge is 0.338 e. The molecule has 0 amide bonds. The summed E-state index contributed by atoms with van der Waals surface area (Å²) in [6.45, 7) is 17.7. The number of ether oxygens (including phenoxy) is 2. The molecule has 2 aromatic rings. The topological polar surface area (TPSA) is 52.6 Å². The van der Waals surface area contributed by atoms with Crippen LogP contribution >= 0.6 is 0 Å². The lowest BCUT2D eigenvalue weighted by Gasteiger charge is -2.71. The van der Waals surface area contributed by atoms with Crippen molar-refractivity contribution in [3.05, 3.63) is 83.4 Å². The zero-order valence-electron chi connectivity index (χ0n) is 30.6. The molecule has 5 aliphatic carbocycles. The van der Waals surface area contributed by atoms with Gasteiger partial charge in [-0.2, -0.15) is 0 Å². The van der Waals surface area contributed by atoms with E-state index in [0.717, 1.165) is 63.4 Å². The molecule has 48 heavy (non-hydrogen) atoms. The summed E-state index contributed by atoms with van der Waals surface area (Å²) in [5.74, 6) is 1.10. The van der Waals surface area contributed by atoms with E-state index in [-0.39, 0.29) is 51.0 Å². The summed E-state index contributed by atoms with van der Waals surface area (Å²) in [5.41, 5.74) is 3.28. The minimum atomic E-state index is -0.428. The third-order valence-corrected chi connectivity index (χ3v) is 15.5. The Hall–Kier alpha value is -2.88. The highest BCUT2D eigenvalue weighted by Gasteiger charge is 2.69. The van der Waals surface area contributed by atoms with Crippen LogP contribution in [0.2, 0.25) is 0 Å². The van der Waals surface area contributed by atoms with Crippen LogP contribution in [-0.4, -0.2) is 18.0 Å². The molecule has 4 heteroatoms. The standard InChI is InChI=1S/C44H58O4/c1-39(2)24-26-44(38(46)47-29-30-14-10-8-11-15-30)27-25-42(6)32(33(44)28-39)18-19-35-41(5)22-21-36(48-37(45)31-16-12-9-13-17-31)40(3,4)34(41)20-23-43(35,42)7/h8-18,33-36H,19-29H2,1-7H3/t33-,34-,35+,36-,41-,42+,43+,44-/m0/s1. The molecule has 258 valence electrons. The number of hydrogen-bond donors (Lipinski definition) is 0. The van der Waals surface area contributed by atoms with Crippen LogP contribution < -0.4 is 0 Å². The van der Waals surface area contributed by atoms with Crippen LogP contribution in [0.25, 0.3) is 0 Å². The summed E-state index contributed by atoms with van der Waals surface area (Å²) in [5, 5.41) is 0. The largest absolute Gasteiger partial charge is 0.460 e. The molecule has 0 aromatic heterocycles. The lowest BCUT2D eigenvalue weighted by molar-refractivity contribution is -0.206. The van der Waals surface area contributed by atoms with E-state index in [1.54, 1.807) is 5.57 Å². The Morgan fingerprint density at radius 3 is 2.12 bits per heavy atom. The highest BCUT2D eigenvalue weighted by Crippen LogP contribution is 2.76. The monoisotopic (exact) mass is 650 g/mol. The zero-order chi connectivity index (χ0) is 34.2. The van der Waals surface area contributed by atoms with E-state index in [1.165, 1.54) is 6.42 Å². The second-order valence-corrected chi connectivity index (χ2v) is 18.6. The summed E-state index contributed by atoms with van der Waals surface area (Å²) in [6.07, 6.45) is 13.0. The molecule has 0 spiro atoms. The van der Waals surface area contributed by atoms with Crippen molar-refractivity contribution in [1.29, 1.82) is 0 Å². The van der Waals surface area contributed by atoms with Gasteiger partial charge in [-0.15, -0.1) is 0 Å². The van der Waals surface area contributed by atoms with Crippen molar-refractivity contribution in [2.24, 2.45) is 50.2 Å². The fraction of sp³-hybridized carbons (Fsp3) is 0.636. The van der Waals surface area contributed by atoms with Gasteiger partial charge in [0.1, 0.15) is 12.7 Å². The van der Waals surface area contributed by atoms with Gasteiger partial charge in [0.05, 0.1) is 11.0 Å². The summed E-state index contributed by atoms with van der Waals surface area (Å²) in [4.78, 5) is 27.5. The number of allylic oxidation sites excluding steroid dienone is 2. The maximum absolute atomic E-state index is 14.3. The predicted octanol–water partition coefficient (Wildman–Crippen LogP) is 10.8. The first-order valence-electron chi connectivity index (χ1n) is 18.8. The molecule has 0 saturated heterocycles. The van der Waals surface area contributed by atoms with E-state index in [9.17, 15) is 9.59 Å². The number of carbonyl (C=O) groups excluding carboxylic acids is 2. The summed E-state index contributed by atoms with van der Waals surface area (Å²) < 4.78 is 12.5. The Bertz CT molecular complexity index is 1570. The fourth-order valence-corrected chi connectivity index (χ4v) is 12.4. The Balaban J connectivity index is 1.18. The highest BCUT2D eigenvalue weighted by molar-refractivity contribution is 5.89. The van der Waals surface area contributed by atoms with Crippen molar-refractivity contribution in [2.45, 2.75) is 125 Å². The van der Waals surface area contributed by atoms with E-state index in [4.69, 9.17) is 9.47 Å². The van der Waals surface area contributed by atoms with Gasteiger partial charge in [0.15, 0.2) is 0 Å². The van der Waals surface area contributed by atoms with Crippen molar-refractivity contribution in [3.63, 3.8) is 0 Å². The van der Waals surface area contributed by atoms with Crippen LogP contribution in [0.4, 0.5) is 0 Å². The minimum absolute atomic E-state index is 0.0304. The first kappa shape index (κ1) is 33.6. The fourth-order valence-electron chi connectivity index (χ4n) is 12.4. The summed E-state index contributed by atoms with van der Waals surface area (Å²) in [7, 11) is 0. The minimum Gasteiger partial charge on any atom is -0.460 e. The van der Waals surface area contributed by atoms with Crippen molar-refractivity contribution in [1.82, 2.24) is 0 Å². The van der Waals surface area contributed by atoms with Gasteiger partial charge in [0.25, 0.3) is 0 Å². The summed E-state index contributed by atoms with van der Waals surface area (Å²) >= 11 is 0. The van der Waals surface area contributed by atoms with E-state index < -0.39 is 5.41 Å². The highest BCUT2D eigenvalue weighted by atomic mass is 16.5. The van der Waals surface area contributed by atoms with Crippen molar-refractivity contribution in [3.8, 4) is 0 Å². The van der Waals surface area contributed by atoms with Gasteiger partial charge in [-0.25, -0.2) is 4.79 Å². The molecule has 7 rings (SSSR count). The lowest BCUT2D eigenvalue weighted by atomic mass is 9.33. The molecule has 4 fully saturated rings. The van der Waals surface area contributed by atoms with Crippen LogP contribution in [0.3, 0.4) is 0 Å². The molecular formula is C44H58O4. The predicted molar refractivity (Wildman–Crippen MR) is 191 cm³/mol. The molecule has 0 radical (unpaired) electrons. The molecule has 0 aliphatic heterocycles. The van der Waals surface area contributed by atoms with Gasteiger partial charge in [-0.1, -0.05) is 109 Å². The Morgan fingerprint density at radius 2 is 1.42 bits per heavy atom. The maximum Gasteiger partial charge on any atom is 0.338 e. The average molecular weight is 651 g/mol. The molecule has 0 heterocycles. The normalized spacial score (nSPS) is 39.4. The number of esters is 2. The molecule has 0 unspecified atom stereocenters. The van der Waals surface area contributed by atoms with E-state index in [0.29, 0.717) is 24.0 Å². The summed E-state index contributed by atoms with van der Waals surface area (Å²) in [6, 6.07) is 19.6. The van der Waals surface area contributed by atoms with Gasteiger partial charge in [0, 0.05) is 5.41 Å². The first-order chi connectivity index (χ1) is 22.7. The number of benzene rings is 2. The van der Waals surface area contributed by atoms with Gasteiger partial charge in [-0.3, -0.25) is 4.79 Å². The zero-order valence-corrected chi connectivity index (χ0v) is 30.6. The molecule has 8 atom stereocenters. The average Bonchev–Trinajstić information content (AvgIpc) is 3.06. The molecule has 4 nitrogen and oxygen atoms in total. The van der Waals surface area contributed by atoms with E-state index in [1.807, 2.05) is 60.7 Å². The Labute approximate surface area is 289 Å². The van der Waals surface area contributed by atoms with Crippen LogP contribution in [-0.2, 0) is 20.9 Å². The lowest BCUT2D eigenvalue weighted by Crippen LogP contribution is -2.65. The molecule has 2 aromatic carbocycles. The van der Waals surface area contributed by atoms with Gasteiger partial charge in [0.2, 0.25) is 0 Å². The number of carbonyl (C=O) groups is 2. The van der Waals surface area contributed by atoms with Crippen LogP contribution in [0, 0.1) is 50.2 Å². The van der Waals surface area contributed by atoms with Gasteiger partial charge >= 0.3 is 11.9 Å². The third kappa shape index (κ3) is 5.05. The quantitative estimate of drug-likeness (QED) is 0.239. The SMILES string of the molecule is CC1(C)CC[C@]2(C(=O)OCc3ccccc3)CC[C@]3(C)C(=CC[C@@H]4[C@@]5(C)CC[C@H](OC(=O)c6ccccc6)C(C)(C)[C@@H]5CC[C@]43C)[C@@H]2C1. The number of hydrogen-bond acceptors (Lipinski definition) is 4. The number of fused-ring (bicyclic) bond motifs is 7. The molecule has 5 aliphatic rings. The second-order valence-electron chi connectivity index (χ2n) is 18.6. The van der Waals surface area contributed by atoms with Crippen molar-refractivity contribution in [2.75, 3.05) is 0 Å². The van der Waals surface area contributed by atoms with Crippen molar-refractivity contribution < 1.29 is 19.1 Å². The number of rotatable bonds is 5. The van der Waals surface area contributed by atoms with Crippen LogP contribution in [0.15, 0.2) is 72.3 Å². The van der Waals surface area contributed by atoms with Gasteiger partial charge < -0.3 is 9.47 Å². The Morgan fingerprint density at radius 1 is 0.750 bits per heavy atom. The van der Waals surface area contributed by atoms with E-state index in [2.05, 4.69) is 54.5 Å². The first-order valence-corrected chi connectivity index (χ1v) is 18.8. The van der Waals surface area contributed by atoms with Gasteiger partial charge in [-0.05, 0) is 121 Å². The molecule has 0 N–H and O–H groups in total. The Kier molecular flexibility index (Phi) is 8.12. The molecule has 0 bridgehead atoms.